The number of hydrogen-bond donors (Lipinski definition) is 2. The molecule has 0 saturated carbocycles. The summed E-state index contributed by atoms with van der Waals surface area (Å²) in [5.41, 5.74) is 0.871. The standard InChI is InChI=1S/C14H19N5O3/c1-4-5-18-12(6-9(2)17-18)16-13(20)10(3)19-8-11(7-15-19)14(21)22/h6-8,10H,4-5H2,1-3H3,(H,16,20)(H,21,22). The van der Waals surface area contributed by atoms with E-state index in [2.05, 4.69) is 15.5 Å². The molecule has 0 fully saturated rings. The largest absolute Gasteiger partial charge is 0.478 e. The van der Waals surface area contributed by atoms with Crippen molar-refractivity contribution in [1.82, 2.24) is 19.6 Å². The number of carbonyl (C=O) groups excluding carboxylic acids is 1. The van der Waals surface area contributed by atoms with Gasteiger partial charge in [0.15, 0.2) is 0 Å². The number of carboxylic acid groups (broad SMARTS) is 1. The Hall–Kier alpha value is -2.64. The van der Waals surface area contributed by atoms with Crippen LogP contribution < -0.4 is 5.32 Å². The van der Waals surface area contributed by atoms with Gasteiger partial charge in [0.2, 0.25) is 5.91 Å². The van der Waals surface area contributed by atoms with E-state index in [1.165, 1.54) is 17.1 Å². The second-order valence-corrected chi connectivity index (χ2v) is 5.07. The zero-order valence-electron chi connectivity index (χ0n) is 12.8. The van der Waals surface area contributed by atoms with E-state index in [0.29, 0.717) is 12.4 Å². The Kier molecular flexibility index (Phi) is 4.59. The second-order valence-electron chi connectivity index (χ2n) is 5.07. The Bertz CT molecular complexity index is 688. The van der Waals surface area contributed by atoms with Crippen molar-refractivity contribution < 1.29 is 14.7 Å². The lowest BCUT2D eigenvalue weighted by molar-refractivity contribution is -0.119. The van der Waals surface area contributed by atoms with Gasteiger partial charge in [-0.15, -0.1) is 0 Å². The second kappa shape index (κ2) is 6.42. The van der Waals surface area contributed by atoms with Gasteiger partial charge in [-0.3, -0.25) is 9.48 Å². The highest BCUT2D eigenvalue weighted by atomic mass is 16.4. The summed E-state index contributed by atoms with van der Waals surface area (Å²) in [6.07, 6.45) is 3.46. The highest BCUT2D eigenvalue weighted by Gasteiger charge is 2.19. The van der Waals surface area contributed by atoms with Gasteiger partial charge in [-0.25, -0.2) is 9.48 Å². The van der Waals surface area contributed by atoms with E-state index in [-0.39, 0.29) is 11.5 Å². The molecular weight excluding hydrogens is 286 g/mol. The quantitative estimate of drug-likeness (QED) is 0.845. The van der Waals surface area contributed by atoms with E-state index in [9.17, 15) is 9.59 Å². The summed E-state index contributed by atoms with van der Waals surface area (Å²) in [4.78, 5) is 23.1. The number of hydrogen-bond acceptors (Lipinski definition) is 4. The minimum absolute atomic E-state index is 0.0477. The van der Waals surface area contributed by atoms with Gasteiger partial charge in [-0.2, -0.15) is 10.2 Å². The number of amides is 1. The number of nitrogens with one attached hydrogen (secondary N) is 1. The van der Waals surface area contributed by atoms with Gasteiger partial charge in [0.05, 0.1) is 17.5 Å². The predicted molar refractivity (Wildman–Crippen MR) is 79.8 cm³/mol. The molecule has 8 heteroatoms. The Morgan fingerprint density at radius 1 is 1.45 bits per heavy atom. The third-order valence-corrected chi connectivity index (χ3v) is 3.21. The van der Waals surface area contributed by atoms with E-state index < -0.39 is 12.0 Å². The lowest BCUT2D eigenvalue weighted by Crippen LogP contribution is -2.25. The first-order chi connectivity index (χ1) is 10.4. The Morgan fingerprint density at radius 2 is 2.18 bits per heavy atom. The van der Waals surface area contributed by atoms with Crippen molar-refractivity contribution >= 4 is 17.7 Å². The fourth-order valence-corrected chi connectivity index (χ4v) is 2.04. The molecule has 1 unspecified atom stereocenters. The molecule has 1 atom stereocenters. The molecule has 2 rings (SSSR count). The Balaban J connectivity index is 2.12. The third-order valence-electron chi connectivity index (χ3n) is 3.21. The van der Waals surface area contributed by atoms with Gasteiger partial charge < -0.3 is 10.4 Å². The topological polar surface area (TPSA) is 102 Å². The Labute approximate surface area is 127 Å². The maximum absolute atomic E-state index is 12.3. The van der Waals surface area contributed by atoms with Crippen molar-refractivity contribution in [3.63, 3.8) is 0 Å². The summed E-state index contributed by atoms with van der Waals surface area (Å²) >= 11 is 0. The van der Waals surface area contributed by atoms with Crippen LogP contribution in [0.1, 0.15) is 42.4 Å². The van der Waals surface area contributed by atoms with E-state index in [0.717, 1.165) is 12.1 Å². The maximum atomic E-state index is 12.3. The van der Waals surface area contributed by atoms with Gasteiger partial charge in [0, 0.05) is 18.8 Å². The minimum Gasteiger partial charge on any atom is -0.478 e. The summed E-state index contributed by atoms with van der Waals surface area (Å²) in [6.45, 7) is 6.25. The van der Waals surface area contributed by atoms with E-state index in [4.69, 9.17) is 5.11 Å². The molecule has 0 bridgehead atoms. The van der Waals surface area contributed by atoms with Gasteiger partial charge in [0.1, 0.15) is 11.9 Å². The van der Waals surface area contributed by atoms with Crippen LogP contribution in [0, 0.1) is 6.92 Å². The minimum atomic E-state index is -1.07. The van der Waals surface area contributed by atoms with Crippen molar-refractivity contribution in [1.29, 1.82) is 0 Å². The molecule has 1 amide bonds. The lowest BCUT2D eigenvalue weighted by atomic mass is 10.3. The molecule has 0 aliphatic heterocycles. The fraction of sp³-hybridized carbons (Fsp3) is 0.429. The van der Waals surface area contributed by atoms with Crippen molar-refractivity contribution in [2.75, 3.05) is 5.32 Å². The molecule has 8 nitrogen and oxygen atoms in total. The van der Waals surface area contributed by atoms with Crippen molar-refractivity contribution in [3.05, 3.63) is 29.7 Å². The number of aromatic nitrogens is 4. The van der Waals surface area contributed by atoms with E-state index in [1.54, 1.807) is 17.7 Å². The highest BCUT2D eigenvalue weighted by molar-refractivity contribution is 5.93. The molecule has 2 aromatic heterocycles. The molecule has 0 spiro atoms. The molecule has 2 heterocycles. The average molecular weight is 305 g/mol. The van der Waals surface area contributed by atoms with Crippen molar-refractivity contribution in [2.24, 2.45) is 0 Å². The number of nitrogens with zero attached hydrogens (tertiary/aromatic N) is 4. The molecule has 0 aliphatic carbocycles. The van der Waals surface area contributed by atoms with E-state index >= 15 is 0 Å². The van der Waals surface area contributed by atoms with Crippen LogP contribution in [-0.4, -0.2) is 36.5 Å². The molecule has 0 aromatic carbocycles. The van der Waals surface area contributed by atoms with Crippen LogP contribution >= 0.6 is 0 Å². The molecule has 22 heavy (non-hydrogen) atoms. The number of carboxylic acids is 1. The van der Waals surface area contributed by atoms with Crippen molar-refractivity contribution in [3.8, 4) is 0 Å². The van der Waals surface area contributed by atoms with Gasteiger partial charge in [0.25, 0.3) is 0 Å². The summed E-state index contributed by atoms with van der Waals surface area (Å²) < 4.78 is 3.07. The molecule has 2 aromatic rings. The zero-order valence-corrected chi connectivity index (χ0v) is 12.8. The third kappa shape index (κ3) is 3.33. The van der Waals surface area contributed by atoms with Gasteiger partial charge >= 0.3 is 5.97 Å². The van der Waals surface area contributed by atoms with Crippen LogP contribution in [0.2, 0.25) is 0 Å². The predicted octanol–water partition coefficient (Wildman–Crippen LogP) is 1.70. The summed E-state index contributed by atoms with van der Waals surface area (Å²) in [6, 6.07) is 1.17. The Morgan fingerprint density at radius 3 is 2.77 bits per heavy atom. The normalized spacial score (nSPS) is 12.1. The lowest BCUT2D eigenvalue weighted by Gasteiger charge is -2.13. The summed E-state index contributed by atoms with van der Waals surface area (Å²) in [5, 5.41) is 19.9. The first-order valence-corrected chi connectivity index (χ1v) is 7.05. The zero-order chi connectivity index (χ0) is 16.3. The highest BCUT2D eigenvalue weighted by Crippen LogP contribution is 2.14. The van der Waals surface area contributed by atoms with Crippen LogP contribution in [0.3, 0.4) is 0 Å². The fourth-order valence-electron chi connectivity index (χ4n) is 2.04. The summed E-state index contributed by atoms with van der Waals surface area (Å²) in [7, 11) is 0. The molecular formula is C14H19N5O3. The molecule has 0 saturated heterocycles. The van der Waals surface area contributed by atoms with Crippen LogP contribution in [0.4, 0.5) is 5.82 Å². The average Bonchev–Trinajstić information content (AvgIpc) is 3.06. The van der Waals surface area contributed by atoms with Gasteiger partial charge in [-0.1, -0.05) is 6.92 Å². The van der Waals surface area contributed by atoms with Crippen LogP contribution in [-0.2, 0) is 11.3 Å². The number of carbonyl (C=O) groups is 2. The van der Waals surface area contributed by atoms with Gasteiger partial charge in [-0.05, 0) is 20.3 Å². The summed E-state index contributed by atoms with van der Waals surface area (Å²) in [5.74, 6) is -0.727. The molecule has 0 aliphatic rings. The first-order valence-electron chi connectivity index (χ1n) is 7.05. The maximum Gasteiger partial charge on any atom is 0.338 e. The number of anilines is 1. The monoisotopic (exact) mass is 305 g/mol. The van der Waals surface area contributed by atoms with Crippen LogP contribution in [0.5, 0.6) is 0 Å². The van der Waals surface area contributed by atoms with Crippen LogP contribution in [0.25, 0.3) is 0 Å². The van der Waals surface area contributed by atoms with E-state index in [1.807, 2.05) is 13.8 Å². The number of rotatable bonds is 6. The molecule has 118 valence electrons. The smallest absolute Gasteiger partial charge is 0.338 e. The van der Waals surface area contributed by atoms with Crippen molar-refractivity contribution in [2.45, 2.75) is 39.8 Å². The van der Waals surface area contributed by atoms with Crippen LogP contribution in [0.15, 0.2) is 18.5 Å². The number of aryl methyl sites for hydroxylation is 2. The number of aromatic carboxylic acids is 1. The molecule has 0 radical (unpaired) electrons. The first kappa shape index (κ1) is 15.7. The SMILES string of the molecule is CCCn1nc(C)cc1NC(=O)C(C)n1cc(C(=O)O)cn1. The molecule has 2 N–H and O–H groups in total.